The van der Waals surface area contributed by atoms with Crippen LogP contribution in [0.25, 0.3) is 6.08 Å². The molecule has 0 N–H and O–H groups in total. The minimum atomic E-state index is -0.442. The highest BCUT2D eigenvalue weighted by atomic mass is 32.2. The molecule has 1 fully saturated rings. The lowest BCUT2D eigenvalue weighted by Crippen LogP contribution is -2.22. The molecule has 0 bridgehead atoms. The van der Waals surface area contributed by atoms with Crippen LogP contribution in [-0.2, 0) is 11.4 Å². The van der Waals surface area contributed by atoms with Gasteiger partial charge in [-0.2, -0.15) is 0 Å². The minimum Gasteiger partial charge on any atom is -0.490 e. The van der Waals surface area contributed by atoms with E-state index in [1.165, 1.54) is 28.8 Å². The molecule has 0 aliphatic carbocycles. The van der Waals surface area contributed by atoms with Crippen LogP contribution in [0, 0.1) is 10.1 Å². The standard InChI is InChI=1S/C20H18N2O5S2/c1-3-26-17-10-13(11-18-19(23)21(2)20(28)29-18)7-8-16(17)27-12-14-5-4-6-15(9-14)22(24)25/h4-11H,3,12H2,1-2H3/b18-11+. The average molecular weight is 431 g/mol. The Morgan fingerprint density at radius 2 is 2.00 bits per heavy atom. The van der Waals surface area contributed by atoms with Gasteiger partial charge in [-0.3, -0.25) is 19.8 Å². The Kier molecular flexibility index (Phi) is 6.50. The number of amides is 1. The average Bonchev–Trinajstić information content (AvgIpc) is 2.94. The van der Waals surface area contributed by atoms with Crippen molar-refractivity contribution >= 4 is 46.0 Å². The number of carbonyl (C=O) groups is 1. The normalized spacial score (nSPS) is 15.1. The number of nitro groups is 1. The SMILES string of the molecule is CCOc1cc(/C=C2/SC(=S)N(C)C2=O)ccc1OCc1cccc([N+](=O)[O-])c1. The van der Waals surface area contributed by atoms with E-state index in [0.29, 0.717) is 32.9 Å². The zero-order valence-corrected chi connectivity index (χ0v) is 17.4. The summed E-state index contributed by atoms with van der Waals surface area (Å²) in [5.74, 6) is 0.904. The van der Waals surface area contributed by atoms with E-state index in [0.717, 1.165) is 5.56 Å². The molecule has 0 unspecified atom stereocenters. The van der Waals surface area contributed by atoms with Crippen molar-refractivity contribution in [3.8, 4) is 11.5 Å². The molecular formula is C20H18N2O5S2. The molecule has 0 aromatic heterocycles. The number of carbonyl (C=O) groups excluding carboxylic acids is 1. The molecule has 1 saturated heterocycles. The van der Waals surface area contributed by atoms with Gasteiger partial charge in [-0.05, 0) is 36.3 Å². The molecule has 2 aromatic carbocycles. The van der Waals surface area contributed by atoms with Crippen molar-refractivity contribution in [1.82, 2.24) is 4.90 Å². The van der Waals surface area contributed by atoms with Crippen molar-refractivity contribution in [3.63, 3.8) is 0 Å². The molecule has 0 spiro atoms. The second-order valence-corrected chi connectivity index (χ2v) is 7.77. The van der Waals surface area contributed by atoms with Crippen molar-refractivity contribution in [1.29, 1.82) is 0 Å². The Balaban J connectivity index is 1.80. The Hall–Kier alpha value is -2.91. The first-order valence-electron chi connectivity index (χ1n) is 8.73. The lowest BCUT2D eigenvalue weighted by Gasteiger charge is -2.13. The number of hydrogen-bond acceptors (Lipinski definition) is 7. The third-order valence-electron chi connectivity index (χ3n) is 4.07. The first-order valence-corrected chi connectivity index (χ1v) is 9.96. The third kappa shape index (κ3) is 4.93. The number of thioether (sulfide) groups is 1. The van der Waals surface area contributed by atoms with Crippen molar-refractivity contribution in [2.24, 2.45) is 0 Å². The Morgan fingerprint density at radius 1 is 1.21 bits per heavy atom. The number of nitro benzene ring substituents is 1. The maximum Gasteiger partial charge on any atom is 0.269 e. The van der Waals surface area contributed by atoms with E-state index >= 15 is 0 Å². The number of rotatable bonds is 7. The molecule has 0 saturated carbocycles. The molecule has 1 aliphatic rings. The van der Waals surface area contributed by atoms with Gasteiger partial charge in [-0.25, -0.2) is 0 Å². The smallest absolute Gasteiger partial charge is 0.269 e. The number of nitrogens with zero attached hydrogens (tertiary/aromatic N) is 2. The van der Waals surface area contributed by atoms with Gasteiger partial charge in [-0.15, -0.1) is 0 Å². The quantitative estimate of drug-likeness (QED) is 0.279. The summed E-state index contributed by atoms with van der Waals surface area (Å²) in [6.07, 6.45) is 1.76. The van der Waals surface area contributed by atoms with Gasteiger partial charge in [0.15, 0.2) is 11.5 Å². The molecule has 150 valence electrons. The van der Waals surface area contributed by atoms with Crippen molar-refractivity contribution < 1.29 is 19.2 Å². The number of hydrogen-bond donors (Lipinski definition) is 0. The second-order valence-electron chi connectivity index (χ2n) is 6.10. The van der Waals surface area contributed by atoms with Gasteiger partial charge < -0.3 is 9.47 Å². The van der Waals surface area contributed by atoms with E-state index in [-0.39, 0.29) is 18.2 Å². The van der Waals surface area contributed by atoms with Gasteiger partial charge in [0.25, 0.3) is 11.6 Å². The lowest BCUT2D eigenvalue weighted by molar-refractivity contribution is -0.384. The summed E-state index contributed by atoms with van der Waals surface area (Å²) < 4.78 is 12.0. The van der Waals surface area contributed by atoms with Crippen LogP contribution in [0.2, 0.25) is 0 Å². The zero-order valence-electron chi connectivity index (χ0n) is 15.8. The van der Waals surface area contributed by atoms with E-state index in [2.05, 4.69) is 0 Å². The number of non-ortho nitro benzene ring substituents is 1. The molecule has 0 radical (unpaired) electrons. The van der Waals surface area contributed by atoms with Gasteiger partial charge in [0, 0.05) is 19.2 Å². The van der Waals surface area contributed by atoms with Gasteiger partial charge in [-0.1, -0.05) is 42.2 Å². The van der Waals surface area contributed by atoms with E-state index in [1.807, 2.05) is 13.0 Å². The first kappa shape index (κ1) is 20.8. The topological polar surface area (TPSA) is 81.9 Å². The van der Waals surface area contributed by atoms with Crippen LogP contribution < -0.4 is 9.47 Å². The molecule has 1 heterocycles. The van der Waals surface area contributed by atoms with E-state index in [1.54, 1.807) is 37.4 Å². The molecule has 9 heteroatoms. The van der Waals surface area contributed by atoms with E-state index in [4.69, 9.17) is 21.7 Å². The van der Waals surface area contributed by atoms with Crippen molar-refractivity contribution in [3.05, 3.63) is 68.6 Å². The summed E-state index contributed by atoms with van der Waals surface area (Å²) in [4.78, 5) is 24.6. The zero-order chi connectivity index (χ0) is 21.0. The van der Waals surface area contributed by atoms with Crippen LogP contribution in [0.3, 0.4) is 0 Å². The van der Waals surface area contributed by atoms with Crippen molar-refractivity contribution in [2.45, 2.75) is 13.5 Å². The fourth-order valence-electron chi connectivity index (χ4n) is 2.62. The molecule has 1 aliphatic heterocycles. The summed E-state index contributed by atoms with van der Waals surface area (Å²) in [6.45, 7) is 2.46. The van der Waals surface area contributed by atoms with Crippen LogP contribution >= 0.6 is 24.0 Å². The Morgan fingerprint density at radius 3 is 2.66 bits per heavy atom. The maximum atomic E-state index is 12.2. The lowest BCUT2D eigenvalue weighted by atomic mass is 10.1. The molecule has 0 atom stereocenters. The van der Waals surface area contributed by atoms with Gasteiger partial charge >= 0.3 is 0 Å². The number of likely N-dealkylation sites (N-methyl/N-ethyl adjacent to an activating group) is 1. The molecule has 7 nitrogen and oxygen atoms in total. The highest BCUT2D eigenvalue weighted by Gasteiger charge is 2.28. The van der Waals surface area contributed by atoms with E-state index in [9.17, 15) is 14.9 Å². The molecular weight excluding hydrogens is 412 g/mol. The van der Waals surface area contributed by atoms with Crippen LogP contribution in [0.1, 0.15) is 18.1 Å². The molecule has 29 heavy (non-hydrogen) atoms. The highest BCUT2D eigenvalue weighted by Crippen LogP contribution is 2.34. The van der Waals surface area contributed by atoms with Gasteiger partial charge in [0.1, 0.15) is 10.9 Å². The molecule has 3 rings (SSSR count). The fraction of sp³-hybridized carbons (Fsp3) is 0.200. The van der Waals surface area contributed by atoms with Crippen LogP contribution in [0.15, 0.2) is 47.4 Å². The largest absolute Gasteiger partial charge is 0.490 e. The number of benzene rings is 2. The predicted molar refractivity (Wildman–Crippen MR) is 116 cm³/mol. The third-order valence-corrected chi connectivity index (χ3v) is 5.55. The summed E-state index contributed by atoms with van der Waals surface area (Å²) in [5, 5.41) is 10.9. The van der Waals surface area contributed by atoms with Crippen molar-refractivity contribution in [2.75, 3.05) is 13.7 Å². The second kappa shape index (κ2) is 9.06. The monoisotopic (exact) mass is 430 g/mol. The highest BCUT2D eigenvalue weighted by molar-refractivity contribution is 8.26. The maximum absolute atomic E-state index is 12.2. The van der Waals surface area contributed by atoms with Gasteiger partial charge in [0.2, 0.25) is 0 Å². The van der Waals surface area contributed by atoms with Crippen LogP contribution in [0.4, 0.5) is 5.69 Å². The predicted octanol–water partition coefficient (Wildman–Crippen LogP) is 4.40. The Bertz CT molecular complexity index is 1010. The summed E-state index contributed by atoms with van der Waals surface area (Å²) in [6, 6.07) is 11.6. The number of ether oxygens (including phenoxy) is 2. The number of thiocarbonyl (C=S) groups is 1. The van der Waals surface area contributed by atoms with Crippen LogP contribution in [-0.4, -0.2) is 33.7 Å². The fourth-order valence-corrected chi connectivity index (χ4v) is 3.80. The molecule has 1 amide bonds. The summed E-state index contributed by atoms with van der Waals surface area (Å²) in [5.41, 5.74) is 1.47. The summed E-state index contributed by atoms with van der Waals surface area (Å²) in [7, 11) is 1.65. The van der Waals surface area contributed by atoms with Gasteiger partial charge in [0.05, 0.1) is 16.4 Å². The van der Waals surface area contributed by atoms with Crippen LogP contribution in [0.5, 0.6) is 11.5 Å². The first-order chi connectivity index (χ1) is 13.9. The Labute approximate surface area is 177 Å². The minimum absolute atomic E-state index is 0.0136. The summed E-state index contributed by atoms with van der Waals surface area (Å²) >= 11 is 6.40. The molecule has 2 aromatic rings. The van der Waals surface area contributed by atoms with E-state index < -0.39 is 4.92 Å².